The Morgan fingerprint density at radius 2 is 2.22 bits per heavy atom. The largest absolute Gasteiger partial charge is 0.467 e. The molecule has 0 aliphatic carbocycles. The average Bonchev–Trinajstić information content (AvgIpc) is 3.08. The summed E-state index contributed by atoms with van der Waals surface area (Å²) in [4.78, 5) is 11.7. The zero-order valence-corrected chi connectivity index (χ0v) is 12.7. The number of methoxy groups -OCH3 is 1. The third-order valence-corrected chi connectivity index (χ3v) is 3.19. The summed E-state index contributed by atoms with van der Waals surface area (Å²) in [6.07, 6.45) is 0.542. The van der Waals surface area contributed by atoms with E-state index >= 15 is 0 Å². The number of benzene rings is 1. The first-order chi connectivity index (χ1) is 11.1. The van der Waals surface area contributed by atoms with Gasteiger partial charge in [0.05, 0.1) is 19.4 Å². The number of urea groups is 1. The van der Waals surface area contributed by atoms with Crippen molar-refractivity contribution in [2.45, 2.75) is 19.3 Å². The third kappa shape index (κ3) is 5.08. The SMILES string of the molecule is COCc1cc(CNC(=O)NCC(O)c2ccco2)ccc1F. The van der Waals surface area contributed by atoms with Crippen molar-refractivity contribution in [1.29, 1.82) is 0 Å². The maximum atomic E-state index is 13.5. The lowest BCUT2D eigenvalue weighted by Crippen LogP contribution is -2.37. The molecule has 1 heterocycles. The van der Waals surface area contributed by atoms with Crippen LogP contribution in [0.4, 0.5) is 9.18 Å². The van der Waals surface area contributed by atoms with Gasteiger partial charge in [0.2, 0.25) is 0 Å². The Bertz CT molecular complexity index is 631. The number of nitrogens with one attached hydrogen (secondary N) is 2. The molecule has 0 saturated carbocycles. The lowest BCUT2D eigenvalue weighted by atomic mass is 10.1. The predicted octanol–water partition coefficient (Wildman–Crippen LogP) is 2.10. The quantitative estimate of drug-likeness (QED) is 0.729. The van der Waals surface area contributed by atoms with Gasteiger partial charge in [0.25, 0.3) is 0 Å². The Kier molecular flexibility index (Phi) is 6.13. The van der Waals surface area contributed by atoms with Crippen LogP contribution >= 0.6 is 0 Å². The van der Waals surface area contributed by atoms with Crippen LogP contribution in [-0.2, 0) is 17.9 Å². The molecule has 3 N–H and O–H groups in total. The normalized spacial score (nSPS) is 12.0. The highest BCUT2D eigenvalue weighted by Gasteiger charge is 2.11. The van der Waals surface area contributed by atoms with Gasteiger partial charge in [-0.25, -0.2) is 9.18 Å². The summed E-state index contributed by atoms with van der Waals surface area (Å²) in [6, 6.07) is 7.41. The van der Waals surface area contributed by atoms with E-state index in [1.807, 2.05) is 0 Å². The molecule has 6 nitrogen and oxygen atoms in total. The minimum atomic E-state index is -0.908. The molecule has 0 fully saturated rings. The van der Waals surface area contributed by atoms with Gasteiger partial charge < -0.3 is 24.9 Å². The number of aliphatic hydroxyl groups is 1. The standard InChI is InChI=1S/C16H19FN2O4/c1-22-10-12-7-11(4-5-13(12)17)8-18-16(21)19-9-14(20)15-3-2-6-23-15/h2-7,14,20H,8-10H2,1H3,(H2,18,19,21). The first-order valence-corrected chi connectivity index (χ1v) is 7.09. The number of amides is 2. The van der Waals surface area contributed by atoms with Gasteiger partial charge in [-0.05, 0) is 29.8 Å². The Morgan fingerprint density at radius 1 is 1.39 bits per heavy atom. The minimum absolute atomic E-state index is 0.0255. The van der Waals surface area contributed by atoms with Gasteiger partial charge in [0.1, 0.15) is 17.7 Å². The zero-order chi connectivity index (χ0) is 16.7. The Labute approximate surface area is 133 Å². The Balaban J connectivity index is 1.79. The summed E-state index contributed by atoms with van der Waals surface area (Å²) >= 11 is 0. The molecule has 7 heteroatoms. The zero-order valence-electron chi connectivity index (χ0n) is 12.7. The van der Waals surface area contributed by atoms with Crippen LogP contribution in [0.1, 0.15) is 23.0 Å². The van der Waals surface area contributed by atoms with Crippen molar-refractivity contribution in [2.24, 2.45) is 0 Å². The summed E-state index contributed by atoms with van der Waals surface area (Å²) in [5.74, 6) is 0.0367. The highest BCUT2D eigenvalue weighted by molar-refractivity contribution is 5.73. The topological polar surface area (TPSA) is 83.7 Å². The molecule has 1 atom stereocenters. The van der Waals surface area contributed by atoms with E-state index in [0.29, 0.717) is 11.3 Å². The number of hydrogen-bond acceptors (Lipinski definition) is 4. The van der Waals surface area contributed by atoms with Crippen LogP contribution in [0.3, 0.4) is 0 Å². The van der Waals surface area contributed by atoms with Crippen molar-refractivity contribution < 1.29 is 23.4 Å². The number of halogens is 1. The number of carbonyl (C=O) groups excluding carboxylic acids is 1. The number of rotatable bonds is 7. The molecule has 1 unspecified atom stereocenters. The summed E-state index contributed by atoms with van der Waals surface area (Å²) in [7, 11) is 1.49. The molecule has 0 aliphatic rings. The summed E-state index contributed by atoms with van der Waals surface area (Å²) in [6.45, 7) is 0.429. The summed E-state index contributed by atoms with van der Waals surface area (Å²) < 4.78 is 23.4. The fourth-order valence-electron chi connectivity index (χ4n) is 2.02. The van der Waals surface area contributed by atoms with E-state index in [0.717, 1.165) is 5.56 Å². The van der Waals surface area contributed by atoms with Crippen LogP contribution in [0.25, 0.3) is 0 Å². The van der Waals surface area contributed by atoms with Crippen molar-refractivity contribution >= 4 is 6.03 Å². The molecular formula is C16H19FN2O4. The number of ether oxygens (including phenoxy) is 1. The van der Waals surface area contributed by atoms with Crippen LogP contribution < -0.4 is 10.6 Å². The fraction of sp³-hybridized carbons (Fsp3) is 0.312. The molecule has 124 valence electrons. The second kappa shape index (κ2) is 8.30. The maximum Gasteiger partial charge on any atom is 0.315 e. The first-order valence-electron chi connectivity index (χ1n) is 7.09. The first kappa shape index (κ1) is 17.0. The Morgan fingerprint density at radius 3 is 2.91 bits per heavy atom. The Hall–Kier alpha value is -2.38. The van der Waals surface area contributed by atoms with E-state index in [9.17, 15) is 14.3 Å². The molecule has 1 aromatic carbocycles. The molecule has 2 rings (SSSR count). The molecule has 1 aromatic heterocycles. The molecule has 0 saturated heterocycles. The van der Waals surface area contributed by atoms with Gasteiger partial charge in [-0.3, -0.25) is 0 Å². The van der Waals surface area contributed by atoms with E-state index in [1.54, 1.807) is 24.3 Å². The lowest BCUT2D eigenvalue weighted by Gasteiger charge is -2.11. The van der Waals surface area contributed by atoms with Gasteiger partial charge in [0, 0.05) is 19.2 Å². The molecule has 2 amide bonds. The van der Waals surface area contributed by atoms with E-state index in [4.69, 9.17) is 9.15 Å². The molecule has 23 heavy (non-hydrogen) atoms. The summed E-state index contributed by atoms with van der Waals surface area (Å²) in [5.41, 5.74) is 1.18. The minimum Gasteiger partial charge on any atom is -0.467 e. The van der Waals surface area contributed by atoms with Gasteiger partial charge in [-0.15, -0.1) is 0 Å². The highest BCUT2D eigenvalue weighted by Crippen LogP contribution is 2.12. The van der Waals surface area contributed by atoms with Crippen LogP contribution in [-0.4, -0.2) is 24.8 Å². The smallest absolute Gasteiger partial charge is 0.315 e. The van der Waals surface area contributed by atoms with Gasteiger partial charge in [-0.1, -0.05) is 6.07 Å². The van der Waals surface area contributed by atoms with Crippen molar-refractivity contribution in [3.63, 3.8) is 0 Å². The van der Waals surface area contributed by atoms with Gasteiger partial charge in [0.15, 0.2) is 0 Å². The fourth-order valence-corrected chi connectivity index (χ4v) is 2.02. The van der Waals surface area contributed by atoms with Crippen LogP contribution in [0, 0.1) is 5.82 Å². The van der Waals surface area contributed by atoms with Crippen LogP contribution in [0.5, 0.6) is 0 Å². The number of carbonyl (C=O) groups is 1. The number of aliphatic hydroxyl groups excluding tert-OH is 1. The molecule has 0 aliphatic heterocycles. The van der Waals surface area contributed by atoms with Crippen LogP contribution in [0.15, 0.2) is 41.0 Å². The van der Waals surface area contributed by atoms with Crippen molar-refractivity contribution in [1.82, 2.24) is 10.6 Å². The van der Waals surface area contributed by atoms with Crippen molar-refractivity contribution in [2.75, 3.05) is 13.7 Å². The van der Waals surface area contributed by atoms with E-state index in [1.165, 1.54) is 19.4 Å². The molecule has 2 aromatic rings. The second-order valence-corrected chi connectivity index (χ2v) is 4.95. The monoisotopic (exact) mass is 322 g/mol. The third-order valence-electron chi connectivity index (χ3n) is 3.19. The molecular weight excluding hydrogens is 303 g/mol. The molecule has 0 radical (unpaired) electrons. The average molecular weight is 322 g/mol. The van der Waals surface area contributed by atoms with Crippen molar-refractivity contribution in [3.8, 4) is 0 Å². The van der Waals surface area contributed by atoms with E-state index in [2.05, 4.69) is 10.6 Å². The molecule has 0 bridgehead atoms. The second-order valence-electron chi connectivity index (χ2n) is 4.95. The van der Waals surface area contributed by atoms with E-state index < -0.39 is 12.1 Å². The summed E-state index contributed by atoms with van der Waals surface area (Å²) in [5, 5.41) is 14.9. The molecule has 0 spiro atoms. The maximum absolute atomic E-state index is 13.5. The number of furan rings is 1. The lowest BCUT2D eigenvalue weighted by molar-refractivity contribution is 0.148. The number of hydrogen-bond donors (Lipinski definition) is 3. The van der Waals surface area contributed by atoms with Gasteiger partial charge >= 0.3 is 6.03 Å². The van der Waals surface area contributed by atoms with E-state index in [-0.39, 0.29) is 25.5 Å². The predicted molar refractivity (Wildman–Crippen MR) is 81.0 cm³/mol. The van der Waals surface area contributed by atoms with Crippen molar-refractivity contribution in [3.05, 3.63) is 59.3 Å². The van der Waals surface area contributed by atoms with Gasteiger partial charge in [-0.2, -0.15) is 0 Å². The van der Waals surface area contributed by atoms with Crippen LogP contribution in [0.2, 0.25) is 0 Å². The highest BCUT2D eigenvalue weighted by atomic mass is 19.1.